The Balaban J connectivity index is 1.78. The lowest BCUT2D eigenvalue weighted by Crippen LogP contribution is -2.34. The second kappa shape index (κ2) is 23.9. The van der Waals surface area contributed by atoms with Gasteiger partial charge in [-0.1, -0.05) is 129 Å². The van der Waals surface area contributed by atoms with Gasteiger partial charge in [0.2, 0.25) is 0 Å². The van der Waals surface area contributed by atoms with Gasteiger partial charge in [-0.3, -0.25) is 27.9 Å². The Morgan fingerprint density at radius 2 is 1.22 bits per heavy atom. The molecule has 0 aliphatic carbocycles. The van der Waals surface area contributed by atoms with Gasteiger partial charge in [0.25, 0.3) is 5.56 Å². The standard InChI is InChI=1S/C34H64N3O7P/c1-4-6-8-10-12-14-16-18-20-22-24-41-45(40,42-25-23-21-19-17-15-13-11-9-7-5-2)43-28-31-30(35)26-32(44-31)37-27-29(3)33(38)36-34(37)39/h27,30-32H,4-26,28,35H2,1-3H3,(H,36,38,39)/t30-,31+,32+/m0/s1. The molecule has 0 aromatic carbocycles. The normalized spacial score (nSPS) is 18.6. The second-order valence-corrected chi connectivity index (χ2v) is 14.4. The number of hydrogen-bond acceptors (Lipinski definition) is 8. The summed E-state index contributed by atoms with van der Waals surface area (Å²) in [6.07, 6.45) is 24.5. The summed E-state index contributed by atoms with van der Waals surface area (Å²) in [6, 6.07) is -0.452. The zero-order valence-corrected chi connectivity index (χ0v) is 29.5. The molecule has 1 aliphatic rings. The Morgan fingerprint density at radius 3 is 1.69 bits per heavy atom. The van der Waals surface area contributed by atoms with Crippen LogP contribution < -0.4 is 17.0 Å². The summed E-state index contributed by atoms with van der Waals surface area (Å²) in [5, 5.41) is 0. The van der Waals surface area contributed by atoms with Gasteiger partial charge in [-0.2, -0.15) is 0 Å². The summed E-state index contributed by atoms with van der Waals surface area (Å²) < 4.78 is 38.3. The molecule has 45 heavy (non-hydrogen) atoms. The summed E-state index contributed by atoms with van der Waals surface area (Å²) in [5.41, 5.74) is 5.72. The van der Waals surface area contributed by atoms with Gasteiger partial charge in [0.1, 0.15) is 6.23 Å². The van der Waals surface area contributed by atoms with Crippen LogP contribution in [0.25, 0.3) is 0 Å². The molecule has 10 nitrogen and oxygen atoms in total. The molecule has 3 N–H and O–H groups in total. The minimum atomic E-state index is -3.82. The smallest absolute Gasteiger partial charge is 0.351 e. The molecule has 2 rings (SSSR count). The van der Waals surface area contributed by atoms with Gasteiger partial charge in [-0.25, -0.2) is 9.36 Å². The van der Waals surface area contributed by atoms with Crippen molar-refractivity contribution >= 4 is 7.82 Å². The van der Waals surface area contributed by atoms with Crippen LogP contribution >= 0.6 is 7.82 Å². The van der Waals surface area contributed by atoms with Crippen molar-refractivity contribution in [3.8, 4) is 0 Å². The van der Waals surface area contributed by atoms with E-state index >= 15 is 0 Å². The number of unbranched alkanes of at least 4 members (excludes halogenated alkanes) is 18. The van der Waals surface area contributed by atoms with E-state index in [0.717, 1.165) is 38.5 Å². The minimum absolute atomic E-state index is 0.0813. The summed E-state index contributed by atoms with van der Waals surface area (Å²) >= 11 is 0. The number of nitrogens with two attached hydrogens (primary N) is 1. The lowest BCUT2D eigenvalue weighted by molar-refractivity contribution is -0.0305. The van der Waals surface area contributed by atoms with Crippen LogP contribution in [0.15, 0.2) is 15.8 Å². The van der Waals surface area contributed by atoms with Gasteiger partial charge in [-0.15, -0.1) is 0 Å². The molecule has 1 fully saturated rings. The molecule has 3 atom stereocenters. The first-order valence-corrected chi connectivity index (χ1v) is 19.5. The van der Waals surface area contributed by atoms with Crippen molar-refractivity contribution in [3.63, 3.8) is 0 Å². The van der Waals surface area contributed by atoms with E-state index in [1.54, 1.807) is 6.92 Å². The average molecular weight is 658 g/mol. The Kier molecular flexibility index (Phi) is 21.2. The highest BCUT2D eigenvalue weighted by Crippen LogP contribution is 2.50. The third-order valence-corrected chi connectivity index (χ3v) is 10.1. The van der Waals surface area contributed by atoms with Crippen molar-refractivity contribution in [1.29, 1.82) is 0 Å². The number of aromatic nitrogens is 2. The first-order chi connectivity index (χ1) is 21.8. The molecule has 262 valence electrons. The monoisotopic (exact) mass is 657 g/mol. The quantitative estimate of drug-likeness (QED) is 0.0677. The highest BCUT2D eigenvalue weighted by Gasteiger charge is 2.37. The molecule has 11 heteroatoms. The molecule has 0 amide bonds. The summed E-state index contributed by atoms with van der Waals surface area (Å²) in [7, 11) is -3.82. The van der Waals surface area contributed by atoms with Crippen LogP contribution in [0.2, 0.25) is 0 Å². The van der Waals surface area contributed by atoms with E-state index in [1.165, 1.54) is 101 Å². The third-order valence-electron chi connectivity index (χ3n) is 8.63. The number of rotatable bonds is 28. The van der Waals surface area contributed by atoms with Gasteiger partial charge in [-0.05, 0) is 19.8 Å². The van der Waals surface area contributed by atoms with E-state index in [1.807, 2.05) is 0 Å². The number of ether oxygens (including phenoxy) is 1. The number of nitrogens with zero attached hydrogens (tertiary/aromatic N) is 1. The number of aryl methyl sites for hydroxylation is 1. The average Bonchev–Trinajstić information content (AvgIpc) is 3.39. The molecular formula is C34H64N3O7P. The molecule has 0 radical (unpaired) electrons. The topological polar surface area (TPSA) is 135 Å². The third kappa shape index (κ3) is 16.9. The Bertz CT molecular complexity index is 1030. The SMILES string of the molecule is CCCCCCCCCCCCOP(=O)(OCCCCCCCCCCCC)OC[C@H]1O[C@@H](n2cc(C)c(=O)[nH]c2=O)C[C@@H]1N. The molecule has 1 aromatic heterocycles. The predicted molar refractivity (Wildman–Crippen MR) is 182 cm³/mol. The number of phosphoric ester groups is 1. The maximum atomic E-state index is 13.6. The lowest BCUT2D eigenvalue weighted by atomic mass is 10.1. The van der Waals surface area contributed by atoms with E-state index in [-0.39, 0.29) is 6.61 Å². The Hall–Kier alpha value is -1.29. The van der Waals surface area contributed by atoms with Crippen LogP contribution in [0.5, 0.6) is 0 Å². The largest absolute Gasteiger partial charge is 0.474 e. The number of nitrogens with one attached hydrogen (secondary N) is 1. The van der Waals surface area contributed by atoms with Gasteiger partial charge in [0, 0.05) is 24.2 Å². The molecule has 1 aliphatic heterocycles. The van der Waals surface area contributed by atoms with Crippen LogP contribution in [0.3, 0.4) is 0 Å². The number of phosphoric acid groups is 1. The van der Waals surface area contributed by atoms with Crippen molar-refractivity contribution in [1.82, 2.24) is 9.55 Å². The van der Waals surface area contributed by atoms with E-state index in [9.17, 15) is 14.2 Å². The van der Waals surface area contributed by atoms with Crippen molar-refractivity contribution < 1.29 is 22.9 Å². The molecular weight excluding hydrogens is 593 g/mol. The number of aromatic amines is 1. The fraction of sp³-hybridized carbons (Fsp3) is 0.882. The molecule has 0 bridgehead atoms. The first kappa shape index (κ1) is 39.9. The molecule has 0 unspecified atom stereocenters. The molecule has 1 saturated heterocycles. The van der Waals surface area contributed by atoms with Crippen molar-refractivity contribution in [2.45, 2.75) is 174 Å². The predicted octanol–water partition coefficient (Wildman–Crippen LogP) is 8.46. The Morgan fingerprint density at radius 1 is 0.778 bits per heavy atom. The first-order valence-electron chi connectivity index (χ1n) is 18.1. The number of hydrogen-bond donors (Lipinski definition) is 2. The molecule has 0 saturated carbocycles. The van der Waals surface area contributed by atoms with Crippen LogP contribution in [0.4, 0.5) is 0 Å². The van der Waals surface area contributed by atoms with Crippen LogP contribution in [0, 0.1) is 6.92 Å². The van der Waals surface area contributed by atoms with Gasteiger partial charge in [0.05, 0.1) is 25.9 Å². The van der Waals surface area contributed by atoms with Crippen molar-refractivity contribution in [3.05, 3.63) is 32.6 Å². The van der Waals surface area contributed by atoms with E-state index < -0.39 is 37.4 Å². The highest BCUT2D eigenvalue weighted by atomic mass is 31.2. The maximum absolute atomic E-state index is 13.6. The zero-order valence-electron chi connectivity index (χ0n) is 28.6. The van der Waals surface area contributed by atoms with E-state index in [4.69, 9.17) is 24.0 Å². The second-order valence-electron chi connectivity index (χ2n) is 12.8. The van der Waals surface area contributed by atoms with Crippen LogP contribution in [-0.4, -0.2) is 41.5 Å². The fourth-order valence-corrected chi connectivity index (χ4v) is 6.95. The van der Waals surface area contributed by atoms with Gasteiger partial charge in [0.15, 0.2) is 0 Å². The van der Waals surface area contributed by atoms with Gasteiger partial charge >= 0.3 is 13.5 Å². The van der Waals surface area contributed by atoms with Crippen molar-refractivity contribution in [2.24, 2.45) is 5.73 Å². The summed E-state index contributed by atoms with van der Waals surface area (Å²) in [4.78, 5) is 26.4. The van der Waals surface area contributed by atoms with Crippen molar-refractivity contribution in [2.75, 3.05) is 19.8 Å². The fourth-order valence-electron chi connectivity index (χ4n) is 5.69. The molecule has 0 spiro atoms. The summed E-state index contributed by atoms with van der Waals surface area (Å²) in [6.45, 7) is 6.63. The van der Waals surface area contributed by atoms with E-state index in [0.29, 0.717) is 25.2 Å². The maximum Gasteiger partial charge on any atom is 0.474 e. The minimum Gasteiger partial charge on any atom is -0.351 e. The van der Waals surface area contributed by atoms with Crippen LogP contribution in [-0.2, 0) is 22.9 Å². The summed E-state index contributed by atoms with van der Waals surface area (Å²) in [5.74, 6) is 0. The number of H-pyrrole nitrogens is 1. The van der Waals surface area contributed by atoms with Gasteiger partial charge < -0.3 is 10.5 Å². The van der Waals surface area contributed by atoms with Crippen LogP contribution in [0.1, 0.15) is 160 Å². The lowest BCUT2D eigenvalue weighted by Gasteiger charge is -2.22. The molecule has 2 heterocycles. The highest BCUT2D eigenvalue weighted by molar-refractivity contribution is 7.48. The zero-order chi connectivity index (χ0) is 32.8. The van der Waals surface area contributed by atoms with E-state index in [2.05, 4.69) is 18.8 Å². The molecule has 1 aromatic rings. The Labute approximate surface area is 272 Å².